The monoisotopic (exact) mass is 279 g/mol. The molecule has 2 rings (SSSR count). The summed E-state index contributed by atoms with van der Waals surface area (Å²) < 4.78 is 11.0. The van der Waals surface area contributed by atoms with E-state index in [-0.39, 0.29) is 18.1 Å². The molecule has 0 saturated carbocycles. The number of nitriles is 1. The smallest absolute Gasteiger partial charge is 0.179 e. The van der Waals surface area contributed by atoms with Crippen LogP contribution < -0.4 is 9.47 Å². The highest BCUT2D eigenvalue weighted by Gasteiger charge is 2.21. The first kappa shape index (κ1) is 13.7. The number of halogens is 1. The summed E-state index contributed by atoms with van der Waals surface area (Å²) in [5, 5.41) is 9.01. The standard InChI is InChI=1S/C14H14ClNO3/c1-9(3-4-16)13(17)10-7-11(15)14-12(8-10)18-5-2-6-19-14/h7-9H,2-3,5-6H2,1H3. The van der Waals surface area contributed by atoms with Gasteiger partial charge in [-0.05, 0) is 12.1 Å². The molecule has 0 radical (unpaired) electrons. The van der Waals surface area contributed by atoms with Crippen LogP contribution in [0.3, 0.4) is 0 Å². The van der Waals surface area contributed by atoms with E-state index in [4.69, 9.17) is 26.3 Å². The van der Waals surface area contributed by atoms with Crippen LogP contribution in [-0.2, 0) is 0 Å². The maximum absolute atomic E-state index is 12.2. The molecule has 0 spiro atoms. The van der Waals surface area contributed by atoms with Crippen molar-refractivity contribution in [3.63, 3.8) is 0 Å². The highest BCUT2D eigenvalue weighted by molar-refractivity contribution is 6.32. The lowest BCUT2D eigenvalue weighted by Gasteiger charge is -2.12. The Hall–Kier alpha value is -1.73. The van der Waals surface area contributed by atoms with Crippen molar-refractivity contribution in [1.82, 2.24) is 0 Å². The Morgan fingerprint density at radius 3 is 2.95 bits per heavy atom. The number of carbonyl (C=O) groups excluding carboxylic acids is 1. The number of rotatable bonds is 3. The van der Waals surface area contributed by atoms with E-state index < -0.39 is 0 Å². The summed E-state index contributed by atoms with van der Waals surface area (Å²) in [5.74, 6) is 0.520. The molecule has 0 bridgehead atoms. The summed E-state index contributed by atoms with van der Waals surface area (Å²) in [6.07, 6.45) is 0.962. The molecule has 0 aliphatic carbocycles. The van der Waals surface area contributed by atoms with Crippen molar-refractivity contribution >= 4 is 17.4 Å². The fraction of sp³-hybridized carbons (Fsp3) is 0.429. The first-order chi connectivity index (χ1) is 9.13. The van der Waals surface area contributed by atoms with Crippen molar-refractivity contribution in [2.45, 2.75) is 19.8 Å². The summed E-state index contributed by atoms with van der Waals surface area (Å²) in [4.78, 5) is 12.2. The number of ketones is 1. The van der Waals surface area contributed by atoms with Gasteiger partial charge in [0.1, 0.15) is 0 Å². The lowest BCUT2D eigenvalue weighted by molar-refractivity contribution is 0.0931. The molecule has 1 unspecified atom stereocenters. The van der Waals surface area contributed by atoms with E-state index in [1.165, 1.54) is 0 Å². The second-order valence-corrected chi connectivity index (χ2v) is 4.87. The third kappa shape index (κ3) is 2.99. The predicted molar refractivity (Wildman–Crippen MR) is 70.8 cm³/mol. The van der Waals surface area contributed by atoms with Gasteiger partial charge in [0.15, 0.2) is 17.3 Å². The number of carbonyl (C=O) groups is 1. The number of nitrogens with zero attached hydrogens (tertiary/aromatic N) is 1. The average Bonchev–Trinajstić information content (AvgIpc) is 2.63. The Kier molecular flexibility index (Phi) is 4.28. The van der Waals surface area contributed by atoms with Gasteiger partial charge in [-0.2, -0.15) is 5.26 Å². The van der Waals surface area contributed by atoms with Crippen LogP contribution in [0.1, 0.15) is 30.1 Å². The van der Waals surface area contributed by atoms with Crippen molar-refractivity contribution in [1.29, 1.82) is 5.26 Å². The van der Waals surface area contributed by atoms with E-state index in [0.29, 0.717) is 35.3 Å². The number of benzene rings is 1. The summed E-state index contributed by atoms with van der Waals surface area (Å²) in [6.45, 7) is 2.81. The van der Waals surface area contributed by atoms with E-state index >= 15 is 0 Å². The van der Waals surface area contributed by atoms with Gasteiger partial charge in [0, 0.05) is 24.3 Å². The van der Waals surface area contributed by atoms with Crippen LogP contribution in [0, 0.1) is 17.2 Å². The van der Waals surface area contributed by atoms with E-state index in [1.807, 2.05) is 6.07 Å². The summed E-state index contributed by atoms with van der Waals surface area (Å²) in [6, 6.07) is 5.21. The number of fused-ring (bicyclic) bond motifs is 1. The van der Waals surface area contributed by atoms with Crippen LogP contribution >= 0.6 is 11.6 Å². The second-order valence-electron chi connectivity index (χ2n) is 4.46. The van der Waals surface area contributed by atoms with Gasteiger partial charge in [0.25, 0.3) is 0 Å². The molecular weight excluding hydrogens is 266 g/mol. The SMILES string of the molecule is CC(CC#N)C(=O)c1cc(Cl)c2c(c1)OCCCO2. The van der Waals surface area contributed by atoms with Gasteiger partial charge >= 0.3 is 0 Å². The first-order valence-electron chi connectivity index (χ1n) is 6.13. The van der Waals surface area contributed by atoms with Gasteiger partial charge < -0.3 is 9.47 Å². The molecule has 4 nitrogen and oxygen atoms in total. The molecule has 1 aliphatic rings. The molecule has 0 fully saturated rings. The third-order valence-electron chi connectivity index (χ3n) is 2.93. The van der Waals surface area contributed by atoms with Gasteiger partial charge in [0.2, 0.25) is 0 Å². The van der Waals surface area contributed by atoms with E-state index in [2.05, 4.69) is 0 Å². The Bertz CT molecular complexity index is 536. The van der Waals surface area contributed by atoms with Crippen LogP contribution in [-0.4, -0.2) is 19.0 Å². The van der Waals surface area contributed by atoms with Crippen LogP contribution in [0.15, 0.2) is 12.1 Å². The van der Waals surface area contributed by atoms with Crippen molar-refractivity contribution in [3.8, 4) is 17.6 Å². The maximum Gasteiger partial charge on any atom is 0.179 e. The van der Waals surface area contributed by atoms with Crippen molar-refractivity contribution in [2.75, 3.05) is 13.2 Å². The molecule has 0 saturated heterocycles. The van der Waals surface area contributed by atoms with Crippen LogP contribution in [0.25, 0.3) is 0 Å². The van der Waals surface area contributed by atoms with Crippen molar-refractivity contribution in [3.05, 3.63) is 22.7 Å². The molecule has 0 aromatic heterocycles. The Balaban J connectivity index is 2.33. The molecule has 1 heterocycles. The highest BCUT2D eigenvalue weighted by Crippen LogP contribution is 2.38. The number of hydrogen-bond donors (Lipinski definition) is 0. The number of ether oxygens (including phenoxy) is 2. The Morgan fingerprint density at radius 1 is 1.47 bits per heavy atom. The minimum atomic E-state index is -0.356. The second kappa shape index (κ2) is 5.94. The predicted octanol–water partition coefficient (Wildman–Crippen LogP) is 3.23. The van der Waals surface area contributed by atoms with Crippen LogP contribution in [0.2, 0.25) is 5.02 Å². The van der Waals surface area contributed by atoms with Crippen molar-refractivity contribution < 1.29 is 14.3 Å². The van der Waals surface area contributed by atoms with E-state index in [1.54, 1.807) is 19.1 Å². The highest BCUT2D eigenvalue weighted by atomic mass is 35.5. The Labute approximate surface area is 116 Å². The van der Waals surface area contributed by atoms with Crippen LogP contribution in [0.5, 0.6) is 11.5 Å². The summed E-state index contributed by atoms with van der Waals surface area (Å²) in [7, 11) is 0. The fourth-order valence-electron chi connectivity index (χ4n) is 1.89. The molecule has 19 heavy (non-hydrogen) atoms. The lowest BCUT2D eigenvalue weighted by Crippen LogP contribution is -2.11. The molecule has 100 valence electrons. The molecule has 1 atom stereocenters. The summed E-state index contributed by atoms with van der Waals surface area (Å²) in [5.41, 5.74) is 0.456. The Morgan fingerprint density at radius 2 is 2.21 bits per heavy atom. The van der Waals surface area contributed by atoms with Gasteiger partial charge in [-0.25, -0.2) is 0 Å². The molecule has 1 aromatic carbocycles. The normalized spacial score (nSPS) is 15.2. The molecule has 0 N–H and O–H groups in total. The molecule has 1 aliphatic heterocycles. The maximum atomic E-state index is 12.2. The first-order valence-corrected chi connectivity index (χ1v) is 6.51. The van der Waals surface area contributed by atoms with Crippen LogP contribution in [0.4, 0.5) is 0 Å². The van der Waals surface area contributed by atoms with Gasteiger partial charge in [-0.15, -0.1) is 0 Å². The molecule has 1 aromatic rings. The average molecular weight is 280 g/mol. The van der Waals surface area contributed by atoms with Gasteiger partial charge in [-0.3, -0.25) is 4.79 Å². The topological polar surface area (TPSA) is 59.3 Å². The summed E-state index contributed by atoms with van der Waals surface area (Å²) >= 11 is 6.12. The quantitative estimate of drug-likeness (QED) is 0.797. The zero-order valence-electron chi connectivity index (χ0n) is 10.6. The van der Waals surface area contributed by atoms with E-state index in [9.17, 15) is 4.79 Å². The molecule has 0 amide bonds. The van der Waals surface area contributed by atoms with Gasteiger partial charge in [-0.1, -0.05) is 18.5 Å². The molecule has 5 heteroatoms. The minimum absolute atomic E-state index is 0.112. The molecular formula is C14H14ClNO3. The fourth-order valence-corrected chi connectivity index (χ4v) is 2.15. The zero-order chi connectivity index (χ0) is 13.8. The lowest BCUT2D eigenvalue weighted by atomic mass is 9.97. The number of Topliss-reactive ketones (excluding diaryl/α,β-unsaturated/α-hetero) is 1. The van der Waals surface area contributed by atoms with E-state index in [0.717, 1.165) is 6.42 Å². The van der Waals surface area contributed by atoms with Gasteiger partial charge in [0.05, 0.1) is 24.3 Å². The number of hydrogen-bond acceptors (Lipinski definition) is 4. The zero-order valence-corrected chi connectivity index (χ0v) is 11.4. The third-order valence-corrected chi connectivity index (χ3v) is 3.21. The van der Waals surface area contributed by atoms with Crippen molar-refractivity contribution in [2.24, 2.45) is 5.92 Å². The largest absolute Gasteiger partial charge is 0.489 e. The minimum Gasteiger partial charge on any atom is -0.489 e.